The molecule has 6 saturated carbocycles. The third-order valence-corrected chi connectivity index (χ3v) is 7.45. The first-order valence-corrected chi connectivity index (χ1v) is 14.8. The Bertz CT molecular complexity index is 794. The van der Waals surface area contributed by atoms with Crippen molar-refractivity contribution in [2.24, 2.45) is 21.7 Å². The Morgan fingerprint density at radius 2 is 1.11 bits per heavy atom. The van der Waals surface area contributed by atoms with Crippen LogP contribution in [-0.4, -0.2) is 80.1 Å². The van der Waals surface area contributed by atoms with Crippen LogP contribution in [0.5, 0.6) is 0 Å². The molecule has 10 heteroatoms. The van der Waals surface area contributed by atoms with Crippen LogP contribution in [0.2, 0.25) is 0 Å². The van der Waals surface area contributed by atoms with Crippen LogP contribution in [0, 0.1) is 21.7 Å². The van der Waals surface area contributed by atoms with E-state index in [1.807, 2.05) is 54.1 Å². The van der Waals surface area contributed by atoms with Crippen LogP contribution in [0.25, 0.3) is 0 Å². The van der Waals surface area contributed by atoms with Gasteiger partial charge in [0.05, 0.1) is 16.2 Å². The summed E-state index contributed by atoms with van der Waals surface area (Å²) in [6, 6.07) is 0. The lowest BCUT2D eigenvalue weighted by molar-refractivity contribution is -0.245. The van der Waals surface area contributed by atoms with E-state index < -0.39 is 22.4 Å². The van der Waals surface area contributed by atoms with Crippen molar-refractivity contribution in [1.82, 2.24) is 0 Å². The molecule has 1 aliphatic heterocycles. The second-order valence-corrected chi connectivity index (χ2v) is 14.4. The first-order chi connectivity index (χ1) is 16.9. The molecule has 2 N–H and O–H groups in total. The molecule has 38 heavy (non-hydrogen) atoms. The summed E-state index contributed by atoms with van der Waals surface area (Å²) in [4.78, 5) is 34.3. The smallest absolute Gasteiger partial charge is 0.312 e. The van der Waals surface area contributed by atoms with Gasteiger partial charge in [0.1, 0.15) is 11.2 Å². The minimum Gasteiger partial charge on any atom is -0.481 e. The van der Waals surface area contributed by atoms with Gasteiger partial charge in [0.2, 0.25) is 0 Å². The maximum atomic E-state index is 11.8. The third-order valence-electron chi connectivity index (χ3n) is 7.45. The van der Waals surface area contributed by atoms with Crippen molar-refractivity contribution < 1.29 is 38.8 Å². The topological polar surface area (TPSA) is 119 Å². The Morgan fingerprint density at radius 3 is 1.34 bits per heavy atom. The summed E-state index contributed by atoms with van der Waals surface area (Å²) in [6.45, 7) is 13.3. The normalized spacial score (nSPS) is 33.1. The van der Waals surface area contributed by atoms with E-state index in [9.17, 15) is 14.4 Å². The number of esters is 2. The zero-order chi connectivity index (χ0) is 28.3. The molecular weight excluding hydrogens is 507 g/mol. The van der Waals surface area contributed by atoms with Crippen LogP contribution in [-0.2, 0) is 28.6 Å². The molecule has 0 aromatic heterocycles. The van der Waals surface area contributed by atoms with Crippen molar-refractivity contribution in [2.75, 3.05) is 32.3 Å². The molecule has 8 nitrogen and oxygen atoms in total. The molecule has 0 atom stereocenters. The maximum absolute atomic E-state index is 11.8. The molecule has 0 spiro atoms. The zero-order valence-electron chi connectivity index (χ0n) is 24.6. The minimum absolute atomic E-state index is 0. The number of carbonyl (C=O) groups excluding carboxylic acids is 2. The van der Waals surface area contributed by atoms with Crippen LogP contribution >= 0.6 is 11.8 Å². The highest BCUT2D eigenvalue weighted by atomic mass is 32.2. The number of hydrogen-bond acceptors (Lipinski definition) is 8. The summed E-state index contributed by atoms with van der Waals surface area (Å²) in [5, 5.41) is 18.0. The summed E-state index contributed by atoms with van der Waals surface area (Å²) in [7, 11) is 0. The van der Waals surface area contributed by atoms with E-state index in [0.29, 0.717) is 19.3 Å². The number of rotatable bonds is 4. The number of carbonyl (C=O) groups is 3. The van der Waals surface area contributed by atoms with Crippen molar-refractivity contribution in [2.45, 2.75) is 104 Å². The predicted molar refractivity (Wildman–Crippen MR) is 149 cm³/mol. The summed E-state index contributed by atoms with van der Waals surface area (Å²) < 4.78 is 15.6. The number of aliphatic hydroxyl groups excluding tert-OH is 1. The van der Waals surface area contributed by atoms with Gasteiger partial charge in [0.25, 0.3) is 0 Å². The lowest BCUT2D eigenvalue weighted by atomic mass is 9.35. The number of aliphatic carboxylic acids is 1. The Morgan fingerprint density at radius 1 is 0.763 bits per heavy atom. The fraction of sp³-hybridized carbons (Fsp3) is 0.893. The van der Waals surface area contributed by atoms with Crippen LogP contribution in [0.1, 0.15) is 92.9 Å². The first kappa shape index (κ1) is 34.8. The maximum Gasteiger partial charge on any atom is 0.312 e. The second kappa shape index (κ2) is 12.5. The summed E-state index contributed by atoms with van der Waals surface area (Å²) in [6.07, 6.45) is 10.5. The molecule has 217 valence electrons. The zero-order valence-corrected chi connectivity index (χ0v) is 25.4. The Balaban J connectivity index is 0.000000291. The highest BCUT2D eigenvalue weighted by Gasteiger charge is 2.76. The average molecular weight is 556 g/mol. The molecule has 0 unspecified atom stereocenters. The van der Waals surface area contributed by atoms with Crippen molar-refractivity contribution in [1.29, 1.82) is 0 Å². The predicted octanol–water partition coefficient (Wildman–Crippen LogP) is 4.47. The fourth-order valence-electron chi connectivity index (χ4n) is 5.90. The van der Waals surface area contributed by atoms with E-state index in [2.05, 4.69) is 0 Å². The standard InChI is InChI=1S/C11H16O4.C11H18O3.C4H8O.C2H6S.B/c1-9(2,3)15-8(14)11-4-10(5-11,6-11)7(12)13;1-9(2,3)14-8(13)11-4-10(5-11,6-11)7-12;1-2-4-5-3-1;1-3-2;/h4-6H2,1-3H3,(H,12,13);12H,4-7H2,1-3H3;1-4H2;1-2H3;. The second-order valence-electron chi connectivity index (χ2n) is 13.6. The molecule has 7 rings (SSSR count). The molecule has 6 aliphatic carbocycles. The van der Waals surface area contributed by atoms with Crippen molar-refractivity contribution in [3.8, 4) is 0 Å². The van der Waals surface area contributed by atoms with Crippen LogP contribution in [0.3, 0.4) is 0 Å². The lowest BCUT2D eigenvalue weighted by Crippen LogP contribution is -2.69. The van der Waals surface area contributed by atoms with Gasteiger partial charge in [-0.05, 0) is 111 Å². The van der Waals surface area contributed by atoms with Gasteiger partial charge in [-0.3, -0.25) is 14.4 Å². The SMILES string of the molecule is C1CCOC1.CC(C)(C)OC(=O)C12CC(C(=O)O)(C1)C2.CC(C)(C)OC(=O)C12CC(CO)(C1)C2.CSC.[B]. The highest BCUT2D eigenvalue weighted by Crippen LogP contribution is 2.74. The molecule has 7 fully saturated rings. The average Bonchev–Trinajstić information content (AvgIpc) is 3.14. The number of aliphatic hydroxyl groups is 1. The molecule has 3 radical (unpaired) electrons. The highest BCUT2D eigenvalue weighted by molar-refractivity contribution is 7.97. The first-order valence-electron chi connectivity index (χ1n) is 13.2. The summed E-state index contributed by atoms with van der Waals surface area (Å²) in [5.74, 6) is -1.06. The van der Waals surface area contributed by atoms with Gasteiger partial charge in [-0.1, -0.05) is 0 Å². The largest absolute Gasteiger partial charge is 0.481 e. The van der Waals surface area contributed by atoms with E-state index in [1.165, 1.54) is 12.8 Å². The molecule has 7 aliphatic rings. The molecule has 4 bridgehead atoms. The van der Waals surface area contributed by atoms with E-state index in [1.54, 1.807) is 11.8 Å². The molecule has 1 heterocycles. The van der Waals surface area contributed by atoms with Gasteiger partial charge in [-0.15, -0.1) is 0 Å². The lowest BCUT2D eigenvalue weighted by Gasteiger charge is -2.68. The van der Waals surface area contributed by atoms with Crippen LogP contribution < -0.4 is 0 Å². The van der Waals surface area contributed by atoms with Crippen LogP contribution in [0.15, 0.2) is 0 Å². The van der Waals surface area contributed by atoms with Gasteiger partial charge in [-0.2, -0.15) is 11.8 Å². The molecule has 1 saturated heterocycles. The van der Waals surface area contributed by atoms with E-state index >= 15 is 0 Å². The summed E-state index contributed by atoms with van der Waals surface area (Å²) >= 11 is 1.75. The van der Waals surface area contributed by atoms with Gasteiger partial charge in [-0.25, -0.2) is 0 Å². The van der Waals surface area contributed by atoms with Gasteiger partial charge < -0.3 is 24.4 Å². The number of hydrogen-bond donors (Lipinski definition) is 2. The van der Waals surface area contributed by atoms with E-state index in [4.69, 9.17) is 24.4 Å². The fourth-order valence-corrected chi connectivity index (χ4v) is 5.90. The van der Waals surface area contributed by atoms with Crippen molar-refractivity contribution >= 4 is 38.1 Å². The third kappa shape index (κ3) is 7.91. The molecular formula is C28H48BO8S. The summed E-state index contributed by atoms with van der Waals surface area (Å²) in [5.41, 5.74) is -2.09. The van der Waals surface area contributed by atoms with Crippen molar-refractivity contribution in [3.05, 3.63) is 0 Å². The van der Waals surface area contributed by atoms with Gasteiger partial charge in [0, 0.05) is 28.2 Å². The number of carboxylic acids is 1. The van der Waals surface area contributed by atoms with Gasteiger partial charge in [0.15, 0.2) is 0 Å². The Hall–Kier alpha value is -1.26. The number of thioether (sulfide) groups is 1. The Kier molecular flexibility index (Phi) is 11.4. The Labute approximate surface area is 234 Å². The molecule has 0 aromatic rings. The quantitative estimate of drug-likeness (QED) is 0.383. The monoisotopic (exact) mass is 555 g/mol. The molecule has 0 aromatic carbocycles. The van der Waals surface area contributed by atoms with Crippen LogP contribution in [0.4, 0.5) is 0 Å². The van der Waals surface area contributed by atoms with Crippen molar-refractivity contribution in [3.63, 3.8) is 0 Å². The number of ether oxygens (including phenoxy) is 3. The number of carboxylic acid groups (broad SMARTS) is 1. The van der Waals surface area contributed by atoms with Gasteiger partial charge >= 0.3 is 17.9 Å². The van der Waals surface area contributed by atoms with E-state index in [0.717, 1.165) is 32.5 Å². The minimum atomic E-state index is -0.770. The molecule has 0 amide bonds. The van der Waals surface area contributed by atoms with E-state index in [-0.39, 0.29) is 43.4 Å².